The number of nitrogens with zero attached hydrogens (tertiary/aromatic N) is 1. The number of carbonyl (C=O) groups is 1. The van der Waals surface area contributed by atoms with Crippen molar-refractivity contribution in [2.24, 2.45) is 0 Å². The predicted octanol–water partition coefficient (Wildman–Crippen LogP) is 2.39. The lowest BCUT2D eigenvalue weighted by atomic mass is 9.96. The summed E-state index contributed by atoms with van der Waals surface area (Å²) in [7, 11) is 0. The minimum atomic E-state index is -0.235. The van der Waals surface area contributed by atoms with Crippen molar-refractivity contribution in [1.29, 1.82) is 5.26 Å². The monoisotopic (exact) mass is 240 g/mol. The lowest BCUT2D eigenvalue weighted by molar-refractivity contribution is -0.118. The van der Waals surface area contributed by atoms with Crippen LogP contribution in [0.2, 0.25) is 0 Å². The largest absolute Gasteiger partial charge is 0.353 e. The molecule has 3 nitrogen and oxygen atoms in total. The number of nitrogens with one attached hydrogen (secondary N) is 1. The van der Waals surface area contributed by atoms with Gasteiger partial charge in [-0.1, -0.05) is 36.4 Å². The van der Waals surface area contributed by atoms with E-state index in [4.69, 9.17) is 5.26 Å². The lowest BCUT2D eigenvalue weighted by Crippen LogP contribution is -2.19. The van der Waals surface area contributed by atoms with Crippen LogP contribution in [-0.4, -0.2) is 12.5 Å². The molecule has 0 aromatic heterocycles. The number of carbonyl (C=O) groups excluding carboxylic acids is 1. The summed E-state index contributed by atoms with van der Waals surface area (Å²) in [4.78, 5) is 10.7. The maximum Gasteiger partial charge on any atom is 0.217 e. The van der Waals surface area contributed by atoms with Gasteiger partial charge < -0.3 is 5.32 Å². The highest BCUT2D eigenvalue weighted by molar-refractivity contribution is 5.73. The molecule has 1 aliphatic carbocycles. The van der Waals surface area contributed by atoms with Gasteiger partial charge in [0.05, 0.1) is 11.5 Å². The van der Waals surface area contributed by atoms with Gasteiger partial charge in [0.1, 0.15) is 0 Å². The SMILES string of the molecule is CC(=O)NCC=Cc1cccc(C2(C#N)CC2)c1. The van der Waals surface area contributed by atoms with Crippen molar-refractivity contribution in [2.45, 2.75) is 25.2 Å². The Morgan fingerprint density at radius 3 is 2.94 bits per heavy atom. The van der Waals surface area contributed by atoms with Crippen LogP contribution >= 0.6 is 0 Å². The molecule has 0 unspecified atom stereocenters. The smallest absolute Gasteiger partial charge is 0.217 e. The average molecular weight is 240 g/mol. The molecule has 0 bridgehead atoms. The van der Waals surface area contributed by atoms with Gasteiger partial charge in [-0.25, -0.2) is 0 Å². The van der Waals surface area contributed by atoms with Crippen LogP contribution in [0.4, 0.5) is 0 Å². The highest BCUT2D eigenvalue weighted by Crippen LogP contribution is 2.47. The zero-order chi connectivity index (χ0) is 13.0. The minimum Gasteiger partial charge on any atom is -0.353 e. The quantitative estimate of drug-likeness (QED) is 0.878. The van der Waals surface area contributed by atoms with Crippen molar-refractivity contribution in [3.8, 4) is 6.07 Å². The molecular formula is C15H16N2O. The molecule has 92 valence electrons. The zero-order valence-electron chi connectivity index (χ0n) is 10.4. The van der Waals surface area contributed by atoms with E-state index in [0.717, 1.165) is 24.0 Å². The van der Waals surface area contributed by atoms with Crippen LogP contribution in [0.3, 0.4) is 0 Å². The molecule has 1 aromatic rings. The van der Waals surface area contributed by atoms with Crippen LogP contribution < -0.4 is 5.32 Å². The maximum atomic E-state index is 10.7. The van der Waals surface area contributed by atoms with Gasteiger partial charge in [0, 0.05) is 13.5 Å². The summed E-state index contributed by atoms with van der Waals surface area (Å²) in [6.07, 6.45) is 5.80. The first kappa shape index (κ1) is 12.4. The molecule has 1 amide bonds. The summed E-state index contributed by atoms with van der Waals surface area (Å²) in [5.41, 5.74) is 1.94. The third-order valence-electron chi connectivity index (χ3n) is 3.18. The second-order valence-electron chi connectivity index (χ2n) is 4.66. The van der Waals surface area contributed by atoms with Crippen LogP contribution in [0.1, 0.15) is 30.9 Å². The predicted molar refractivity (Wildman–Crippen MR) is 70.7 cm³/mol. The van der Waals surface area contributed by atoms with Gasteiger partial charge in [-0.3, -0.25) is 4.79 Å². The molecule has 3 heteroatoms. The van der Waals surface area contributed by atoms with E-state index in [0.29, 0.717) is 6.54 Å². The number of amides is 1. The summed E-state index contributed by atoms with van der Waals surface area (Å²) in [6, 6.07) is 10.4. The van der Waals surface area contributed by atoms with Gasteiger partial charge >= 0.3 is 0 Å². The van der Waals surface area contributed by atoms with E-state index in [-0.39, 0.29) is 11.3 Å². The van der Waals surface area contributed by atoms with Crippen molar-refractivity contribution in [3.63, 3.8) is 0 Å². The molecule has 1 aromatic carbocycles. The Kier molecular flexibility index (Phi) is 3.47. The number of hydrogen-bond acceptors (Lipinski definition) is 2. The third-order valence-corrected chi connectivity index (χ3v) is 3.18. The second-order valence-corrected chi connectivity index (χ2v) is 4.66. The second kappa shape index (κ2) is 5.05. The van der Waals surface area contributed by atoms with Crippen LogP contribution in [0.15, 0.2) is 30.3 Å². The van der Waals surface area contributed by atoms with E-state index in [1.165, 1.54) is 6.92 Å². The number of rotatable bonds is 4. The standard InChI is InChI=1S/C15H16N2O/c1-12(18)17-9-3-5-13-4-2-6-14(10-13)15(11-16)7-8-15/h2-6,10H,7-9H2,1H3,(H,17,18). The molecule has 1 fully saturated rings. The van der Waals surface area contributed by atoms with Crippen molar-refractivity contribution in [2.75, 3.05) is 6.54 Å². The van der Waals surface area contributed by atoms with Gasteiger partial charge in [-0.2, -0.15) is 5.26 Å². The average Bonchev–Trinajstić information content (AvgIpc) is 3.16. The van der Waals surface area contributed by atoms with E-state index in [9.17, 15) is 4.79 Å². The van der Waals surface area contributed by atoms with Gasteiger partial charge in [0.15, 0.2) is 0 Å². The summed E-state index contributed by atoms with van der Waals surface area (Å²) >= 11 is 0. The molecule has 1 N–H and O–H groups in total. The fourth-order valence-corrected chi connectivity index (χ4v) is 1.93. The first-order valence-corrected chi connectivity index (χ1v) is 6.09. The molecule has 0 radical (unpaired) electrons. The van der Waals surface area contributed by atoms with Crippen molar-refractivity contribution < 1.29 is 4.79 Å². The fraction of sp³-hybridized carbons (Fsp3) is 0.333. The minimum absolute atomic E-state index is 0.0326. The van der Waals surface area contributed by atoms with E-state index in [2.05, 4.69) is 17.5 Å². The van der Waals surface area contributed by atoms with Crippen LogP contribution in [0, 0.1) is 11.3 Å². The lowest BCUT2D eigenvalue weighted by Gasteiger charge is -2.06. The van der Waals surface area contributed by atoms with E-state index >= 15 is 0 Å². The summed E-state index contributed by atoms with van der Waals surface area (Å²) in [5, 5.41) is 11.9. The Labute approximate surface area is 107 Å². The normalized spacial score (nSPS) is 16.2. The Morgan fingerprint density at radius 1 is 1.56 bits per heavy atom. The van der Waals surface area contributed by atoms with E-state index < -0.39 is 0 Å². The molecule has 1 saturated carbocycles. The van der Waals surface area contributed by atoms with Crippen molar-refractivity contribution >= 4 is 12.0 Å². The Balaban J connectivity index is 2.04. The van der Waals surface area contributed by atoms with E-state index in [1.807, 2.05) is 30.4 Å². The summed E-state index contributed by atoms with van der Waals surface area (Å²) < 4.78 is 0. The van der Waals surface area contributed by atoms with Gasteiger partial charge in [-0.05, 0) is 24.0 Å². The zero-order valence-corrected chi connectivity index (χ0v) is 10.4. The number of nitriles is 1. The van der Waals surface area contributed by atoms with Crippen LogP contribution in [0.25, 0.3) is 6.08 Å². The number of benzene rings is 1. The molecular weight excluding hydrogens is 224 g/mol. The Hall–Kier alpha value is -2.08. The summed E-state index contributed by atoms with van der Waals surface area (Å²) in [6.45, 7) is 2.03. The van der Waals surface area contributed by atoms with Crippen molar-refractivity contribution in [3.05, 3.63) is 41.5 Å². The van der Waals surface area contributed by atoms with Gasteiger partial charge in [-0.15, -0.1) is 0 Å². The molecule has 0 heterocycles. The maximum absolute atomic E-state index is 10.7. The van der Waals surface area contributed by atoms with Gasteiger partial charge in [0.25, 0.3) is 0 Å². The first-order valence-electron chi connectivity index (χ1n) is 6.09. The fourth-order valence-electron chi connectivity index (χ4n) is 1.93. The van der Waals surface area contributed by atoms with E-state index in [1.54, 1.807) is 0 Å². The molecule has 0 aliphatic heterocycles. The molecule has 0 atom stereocenters. The molecule has 2 rings (SSSR count). The Morgan fingerprint density at radius 2 is 2.33 bits per heavy atom. The number of hydrogen-bond donors (Lipinski definition) is 1. The third kappa shape index (κ3) is 2.78. The summed E-state index contributed by atoms with van der Waals surface area (Å²) in [5.74, 6) is -0.0326. The highest BCUT2D eigenvalue weighted by Gasteiger charge is 2.44. The Bertz CT molecular complexity index is 522. The molecule has 0 saturated heterocycles. The molecule has 0 spiro atoms. The van der Waals surface area contributed by atoms with Crippen LogP contribution in [0.5, 0.6) is 0 Å². The molecule has 18 heavy (non-hydrogen) atoms. The molecule has 1 aliphatic rings. The van der Waals surface area contributed by atoms with Gasteiger partial charge in [0.2, 0.25) is 5.91 Å². The van der Waals surface area contributed by atoms with Crippen molar-refractivity contribution in [1.82, 2.24) is 5.32 Å². The highest BCUT2D eigenvalue weighted by atomic mass is 16.1. The first-order chi connectivity index (χ1) is 8.66. The van der Waals surface area contributed by atoms with Crippen LogP contribution in [-0.2, 0) is 10.2 Å². The topological polar surface area (TPSA) is 52.9 Å².